The Bertz CT molecular complexity index is 334. The van der Waals surface area contributed by atoms with E-state index in [0.29, 0.717) is 32.5 Å². The van der Waals surface area contributed by atoms with Crippen LogP contribution < -0.4 is 5.32 Å². The molecule has 2 rings (SSSR count). The van der Waals surface area contributed by atoms with E-state index < -0.39 is 12.1 Å². The fourth-order valence-electron chi connectivity index (χ4n) is 2.86. The van der Waals surface area contributed by atoms with E-state index in [1.807, 2.05) is 0 Å². The van der Waals surface area contributed by atoms with Gasteiger partial charge in [0.1, 0.15) is 0 Å². The first-order valence-corrected chi connectivity index (χ1v) is 6.51. The van der Waals surface area contributed by atoms with Crippen LogP contribution in [0.2, 0.25) is 0 Å². The van der Waals surface area contributed by atoms with Gasteiger partial charge in [-0.1, -0.05) is 6.42 Å². The third-order valence-electron chi connectivity index (χ3n) is 3.94. The monoisotopic (exact) mass is 256 g/mol. The predicted molar refractivity (Wildman–Crippen MR) is 64.1 cm³/mol. The summed E-state index contributed by atoms with van der Waals surface area (Å²) in [6.45, 7) is 1.36. The number of aliphatic hydroxyl groups excluding tert-OH is 1. The molecule has 0 aromatic heterocycles. The third-order valence-corrected chi connectivity index (χ3v) is 3.94. The summed E-state index contributed by atoms with van der Waals surface area (Å²) in [5.41, 5.74) is 0. The maximum Gasteiger partial charge on any atom is 0.317 e. The van der Waals surface area contributed by atoms with Crippen molar-refractivity contribution in [1.29, 1.82) is 0 Å². The van der Waals surface area contributed by atoms with E-state index in [2.05, 4.69) is 5.32 Å². The molecule has 2 amide bonds. The quantitative estimate of drug-likeness (QED) is 0.676. The molecule has 6 heteroatoms. The second kappa shape index (κ2) is 5.56. The smallest absolute Gasteiger partial charge is 0.317 e. The van der Waals surface area contributed by atoms with Gasteiger partial charge in [0.2, 0.25) is 0 Å². The van der Waals surface area contributed by atoms with Gasteiger partial charge in [-0.25, -0.2) is 4.79 Å². The molecule has 3 atom stereocenters. The van der Waals surface area contributed by atoms with Crippen LogP contribution in [0, 0.1) is 11.8 Å². The van der Waals surface area contributed by atoms with Crippen molar-refractivity contribution in [3.63, 3.8) is 0 Å². The summed E-state index contributed by atoms with van der Waals surface area (Å²) in [6, 6.07) is -0.192. The highest BCUT2D eigenvalue weighted by Crippen LogP contribution is 2.31. The Hall–Kier alpha value is -1.30. The highest BCUT2D eigenvalue weighted by atomic mass is 16.4. The number of carboxylic acid groups (broad SMARTS) is 1. The normalized spacial score (nSPS) is 31.6. The Morgan fingerprint density at radius 2 is 2.06 bits per heavy atom. The topological polar surface area (TPSA) is 89.9 Å². The van der Waals surface area contributed by atoms with Gasteiger partial charge >= 0.3 is 12.0 Å². The second-order valence-electron chi connectivity index (χ2n) is 5.21. The molecular weight excluding hydrogens is 236 g/mol. The molecule has 102 valence electrons. The van der Waals surface area contributed by atoms with Crippen LogP contribution in [0.4, 0.5) is 4.79 Å². The van der Waals surface area contributed by atoms with Gasteiger partial charge < -0.3 is 20.4 Å². The zero-order valence-corrected chi connectivity index (χ0v) is 10.3. The minimum Gasteiger partial charge on any atom is -0.481 e. The summed E-state index contributed by atoms with van der Waals surface area (Å²) in [4.78, 5) is 24.4. The first kappa shape index (κ1) is 13.1. The molecule has 18 heavy (non-hydrogen) atoms. The molecule has 1 aliphatic carbocycles. The Balaban J connectivity index is 1.77. The molecule has 0 aromatic rings. The lowest BCUT2D eigenvalue weighted by atomic mass is 9.96. The first-order chi connectivity index (χ1) is 8.58. The number of β-amino-alcohol motifs (C(OH)–C–C–N with tert-alkyl or cyclic N) is 1. The van der Waals surface area contributed by atoms with Crippen molar-refractivity contribution < 1.29 is 19.8 Å². The maximum absolute atomic E-state index is 11.8. The average Bonchev–Trinajstić information content (AvgIpc) is 2.94. The van der Waals surface area contributed by atoms with E-state index in [9.17, 15) is 14.7 Å². The van der Waals surface area contributed by atoms with Crippen molar-refractivity contribution in [2.75, 3.05) is 19.6 Å². The molecule has 3 unspecified atom stereocenters. The zero-order valence-electron chi connectivity index (χ0n) is 10.3. The number of nitrogens with one attached hydrogen (secondary N) is 1. The number of urea groups is 1. The molecule has 1 heterocycles. The number of carboxylic acids is 1. The number of amides is 2. The number of nitrogens with zero attached hydrogens (tertiary/aromatic N) is 1. The summed E-state index contributed by atoms with van der Waals surface area (Å²) in [5, 5.41) is 21.2. The largest absolute Gasteiger partial charge is 0.481 e. The van der Waals surface area contributed by atoms with Crippen molar-refractivity contribution in [2.24, 2.45) is 11.8 Å². The summed E-state index contributed by atoms with van der Waals surface area (Å²) in [5.74, 6) is -1.04. The number of rotatable bonds is 3. The van der Waals surface area contributed by atoms with Gasteiger partial charge in [-0.3, -0.25) is 4.79 Å². The lowest BCUT2D eigenvalue weighted by Crippen LogP contribution is -2.42. The van der Waals surface area contributed by atoms with E-state index in [4.69, 9.17) is 5.11 Å². The average molecular weight is 256 g/mol. The molecule has 6 nitrogen and oxygen atoms in total. The number of hydrogen-bond donors (Lipinski definition) is 3. The number of carbonyl (C=O) groups is 2. The lowest BCUT2D eigenvalue weighted by Gasteiger charge is -2.20. The van der Waals surface area contributed by atoms with Crippen LogP contribution in [0.25, 0.3) is 0 Å². The summed E-state index contributed by atoms with van der Waals surface area (Å²) in [7, 11) is 0. The molecule has 1 aliphatic heterocycles. The van der Waals surface area contributed by atoms with Crippen LogP contribution in [0.1, 0.15) is 25.7 Å². The van der Waals surface area contributed by atoms with Crippen molar-refractivity contribution in [3.8, 4) is 0 Å². The Morgan fingerprint density at radius 3 is 2.67 bits per heavy atom. The van der Waals surface area contributed by atoms with Crippen molar-refractivity contribution in [1.82, 2.24) is 10.2 Å². The second-order valence-corrected chi connectivity index (χ2v) is 5.21. The van der Waals surface area contributed by atoms with Crippen LogP contribution in [-0.2, 0) is 4.79 Å². The number of aliphatic carboxylic acids is 1. The number of aliphatic hydroxyl groups is 1. The number of likely N-dealkylation sites (tertiary alicyclic amines) is 1. The molecule has 3 N–H and O–H groups in total. The van der Waals surface area contributed by atoms with E-state index in [0.717, 1.165) is 12.8 Å². The minimum absolute atomic E-state index is 0.0407. The van der Waals surface area contributed by atoms with Gasteiger partial charge in [-0.2, -0.15) is 0 Å². The minimum atomic E-state index is -0.761. The van der Waals surface area contributed by atoms with E-state index in [-0.39, 0.29) is 17.9 Å². The van der Waals surface area contributed by atoms with Crippen molar-refractivity contribution >= 4 is 12.0 Å². The molecule has 0 spiro atoms. The van der Waals surface area contributed by atoms with Crippen LogP contribution >= 0.6 is 0 Å². The summed E-state index contributed by atoms with van der Waals surface area (Å²) >= 11 is 0. The summed E-state index contributed by atoms with van der Waals surface area (Å²) < 4.78 is 0. The van der Waals surface area contributed by atoms with Crippen LogP contribution in [-0.4, -0.2) is 52.9 Å². The standard InChI is InChI=1S/C12H20N2O4/c15-9-4-5-14(7-9)12(18)13-6-8-2-1-3-10(8)11(16)17/h8-10,15H,1-7H2,(H,13,18)(H,16,17). The number of hydrogen-bond acceptors (Lipinski definition) is 3. The molecule has 0 aromatic carbocycles. The Morgan fingerprint density at radius 1 is 1.28 bits per heavy atom. The Labute approximate surface area is 106 Å². The molecule has 1 saturated carbocycles. The highest BCUT2D eigenvalue weighted by Gasteiger charge is 2.33. The van der Waals surface area contributed by atoms with E-state index >= 15 is 0 Å². The molecule has 1 saturated heterocycles. The van der Waals surface area contributed by atoms with Crippen molar-refractivity contribution in [2.45, 2.75) is 31.8 Å². The maximum atomic E-state index is 11.8. The van der Waals surface area contributed by atoms with E-state index in [1.165, 1.54) is 0 Å². The fourth-order valence-corrected chi connectivity index (χ4v) is 2.86. The van der Waals surface area contributed by atoms with Gasteiger partial charge in [0.05, 0.1) is 12.0 Å². The molecule has 0 radical (unpaired) electrons. The molecule has 0 bridgehead atoms. The van der Waals surface area contributed by atoms with Gasteiger partial charge in [0.25, 0.3) is 0 Å². The molecule has 2 aliphatic rings. The first-order valence-electron chi connectivity index (χ1n) is 6.51. The highest BCUT2D eigenvalue weighted by molar-refractivity contribution is 5.75. The lowest BCUT2D eigenvalue weighted by molar-refractivity contribution is -0.142. The third kappa shape index (κ3) is 2.93. The van der Waals surface area contributed by atoms with Crippen LogP contribution in [0.5, 0.6) is 0 Å². The Kier molecular flexibility index (Phi) is 4.06. The van der Waals surface area contributed by atoms with Crippen LogP contribution in [0.15, 0.2) is 0 Å². The van der Waals surface area contributed by atoms with Crippen molar-refractivity contribution in [3.05, 3.63) is 0 Å². The SMILES string of the molecule is O=C(O)C1CCCC1CNC(=O)N1CCC(O)C1. The van der Waals surface area contributed by atoms with Gasteiger partial charge in [-0.15, -0.1) is 0 Å². The molecular formula is C12H20N2O4. The van der Waals surface area contributed by atoms with Gasteiger partial charge in [-0.05, 0) is 25.2 Å². The zero-order chi connectivity index (χ0) is 13.1. The van der Waals surface area contributed by atoms with Gasteiger partial charge in [0.15, 0.2) is 0 Å². The molecule has 2 fully saturated rings. The predicted octanol–water partition coefficient (Wildman–Crippen LogP) is 0.263. The summed E-state index contributed by atoms with van der Waals surface area (Å²) in [6.07, 6.45) is 2.68. The van der Waals surface area contributed by atoms with Crippen LogP contribution in [0.3, 0.4) is 0 Å². The fraction of sp³-hybridized carbons (Fsp3) is 0.833. The number of carbonyl (C=O) groups excluding carboxylic acids is 1. The van der Waals surface area contributed by atoms with E-state index in [1.54, 1.807) is 4.90 Å². The van der Waals surface area contributed by atoms with Gasteiger partial charge in [0, 0.05) is 19.6 Å².